The van der Waals surface area contributed by atoms with Gasteiger partial charge in [0, 0.05) is 16.6 Å². The Labute approximate surface area is 150 Å². The zero-order valence-corrected chi connectivity index (χ0v) is 14.4. The van der Waals surface area contributed by atoms with Crippen molar-refractivity contribution >= 4 is 28.6 Å². The van der Waals surface area contributed by atoms with Gasteiger partial charge >= 0.3 is 12.1 Å². The molecule has 0 aliphatic carbocycles. The molecule has 0 N–H and O–H groups in total. The minimum Gasteiger partial charge on any atom is -0.466 e. The van der Waals surface area contributed by atoms with E-state index in [4.69, 9.17) is 4.74 Å². The van der Waals surface area contributed by atoms with E-state index in [-0.39, 0.29) is 30.0 Å². The number of aromatic nitrogens is 2. The average Bonchev–Trinajstić information content (AvgIpc) is 3.10. The lowest BCUT2D eigenvalue weighted by atomic mass is 10.0. The molecule has 9 heteroatoms. The first-order valence-corrected chi connectivity index (χ1v) is 8.45. The third-order valence-corrected chi connectivity index (χ3v) is 4.62. The van der Waals surface area contributed by atoms with E-state index in [9.17, 15) is 22.8 Å². The van der Waals surface area contributed by atoms with E-state index >= 15 is 0 Å². The molecule has 0 unspecified atom stereocenters. The summed E-state index contributed by atoms with van der Waals surface area (Å²) in [4.78, 5) is 28.2. The number of fused-ring (bicyclic) bond motifs is 1. The fourth-order valence-corrected chi connectivity index (χ4v) is 3.56. The number of carbonyl (C=O) groups is 2. The molecule has 2 aromatic heterocycles. The Morgan fingerprint density at radius 1 is 1.35 bits per heavy atom. The monoisotopic (exact) mass is 382 g/mol. The Morgan fingerprint density at radius 2 is 2.08 bits per heavy atom. The molecule has 1 aromatic carbocycles. The number of nitrogens with zero attached hydrogens (tertiary/aromatic N) is 2. The first-order valence-electron chi connectivity index (χ1n) is 7.63. The second kappa shape index (κ2) is 6.91. The van der Waals surface area contributed by atoms with Gasteiger partial charge in [-0.25, -0.2) is 4.98 Å². The fraction of sp³-hybridized carbons (Fsp3) is 0.235. The van der Waals surface area contributed by atoms with Crippen molar-refractivity contribution in [2.24, 2.45) is 0 Å². The summed E-state index contributed by atoms with van der Waals surface area (Å²) in [5.41, 5.74) is -1.06. The van der Waals surface area contributed by atoms with Gasteiger partial charge in [-0.1, -0.05) is 18.2 Å². The number of benzene rings is 1. The quantitative estimate of drug-likeness (QED) is 0.494. The van der Waals surface area contributed by atoms with Gasteiger partial charge in [0.1, 0.15) is 11.4 Å². The van der Waals surface area contributed by atoms with Crippen molar-refractivity contribution in [2.75, 3.05) is 6.61 Å². The van der Waals surface area contributed by atoms with Gasteiger partial charge in [-0.15, -0.1) is 11.3 Å². The fourth-order valence-electron chi connectivity index (χ4n) is 2.59. The molecule has 3 aromatic rings. The standard InChI is InChI=1S/C17H13F3N2O3S/c1-2-25-14(24)7-10-8-22-13(9-23)15(21-16(22)26-10)11-5-3-4-6-12(11)17(18,19)20/h3-6,8-9H,2,7H2,1H3. The van der Waals surface area contributed by atoms with Gasteiger partial charge in [0.2, 0.25) is 0 Å². The Hall–Kier alpha value is -2.68. The molecule has 0 saturated carbocycles. The van der Waals surface area contributed by atoms with Crippen LogP contribution in [0, 0.1) is 0 Å². The van der Waals surface area contributed by atoms with E-state index in [1.807, 2.05) is 0 Å². The zero-order valence-electron chi connectivity index (χ0n) is 13.5. The number of imidazole rings is 1. The molecule has 0 saturated heterocycles. The third-order valence-electron chi connectivity index (χ3n) is 3.63. The highest BCUT2D eigenvalue weighted by molar-refractivity contribution is 7.17. The normalized spacial score (nSPS) is 11.7. The van der Waals surface area contributed by atoms with Crippen LogP contribution in [0.2, 0.25) is 0 Å². The van der Waals surface area contributed by atoms with Gasteiger partial charge in [-0.3, -0.25) is 14.0 Å². The number of thiazole rings is 1. The van der Waals surface area contributed by atoms with Crippen molar-refractivity contribution in [3.8, 4) is 11.3 Å². The lowest BCUT2D eigenvalue weighted by molar-refractivity contribution is -0.142. The van der Waals surface area contributed by atoms with Crippen LogP contribution >= 0.6 is 11.3 Å². The maximum atomic E-state index is 13.3. The Morgan fingerprint density at radius 3 is 2.73 bits per heavy atom. The van der Waals surface area contributed by atoms with E-state index in [1.165, 1.54) is 28.8 Å². The van der Waals surface area contributed by atoms with Crippen LogP contribution in [0.4, 0.5) is 13.2 Å². The third kappa shape index (κ3) is 3.34. The molecule has 0 spiro atoms. The van der Waals surface area contributed by atoms with Crippen LogP contribution in [0.3, 0.4) is 0 Å². The van der Waals surface area contributed by atoms with Gasteiger partial charge < -0.3 is 4.74 Å². The largest absolute Gasteiger partial charge is 0.466 e. The number of aldehydes is 1. The smallest absolute Gasteiger partial charge is 0.417 e. The summed E-state index contributed by atoms with van der Waals surface area (Å²) in [6.45, 7) is 1.94. The summed E-state index contributed by atoms with van der Waals surface area (Å²) >= 11 is 1.12. The molecule has 0 radical (unpaired) electrons. The van der Waals surface area contributed by atoms with Crippen molar-refractivity contribution in [2.45, 2.75) is 19.5 Å². The topological polar surface area (TPSA) is 60.7 Å². The molecule has 136 valence electrons. The molecule has 3 rings (SSSR count). The van der Waals surface area contributed by atoms with E-state index < -0.39 is 17.7 Å². The molecule has 0 aliphatic heterocycles. The summed E-state index contributed by atoms with van der Waals surface area (Å²) in [6, 6.07) is 4.97. The minimum atomic E-state index is -4.57. The first-order chi connectivity index (χ1) is 12.3. The Balaban J connectivity index is 2.08. The highest BCUT2D eigenvalue weighted by Crippen LogP contribution is 2.38. The number of ether oxygens (including phenoxy) is 1. The number of rotatable bonds is 5. The van der Waals surface area contributed by atoms with E-state index in [0.29, 0.717) is 16.1 Å². The van der Waals surface area contributed by atoms with Gasteiger partial charge in [-0.05, 0) is 13.0 Å². The molecule has 0 amide bonds. The Bertz CT molecular complexity index is 975. The average molecular weight is 382 g/mol. The first kappa shape index (κ1) is 18.1. The van der Waals surface area contributed by atoms with E-state index in [1.54, 1.807) is 6.92 Å². The van der Waals surface area contributed by atoms with Gasteiger partial charge in [0.25, 0.3) is 0 Å². The maximum absolute atomic E-state index is 13.3. The van der Waals surface area contributed by atoms with Crippen LogP contribution in [-0.4, -0.2) is 28.2 Å². The number of hydrogen-bond donors (Lipinski definition) is 0. The predicted octanol–water partition coefficient (Wildman–Crippen LogP) is 4.00. The van der Waals surface area contributed by atoms with Crippen LogP contribution < -0.4 is 0 Å². The zero-order chi connectivity index (χ0) is 18.9. The van der Waals surface area contributed by atoms with Gasteiger partial charge in [0.05, 0.1) is 18.6 Å². The number of alkyl halides is 3. The highest BCUT2D eigenvalue weighted by Gasteiger charge is 2.34. The molecular formula is C17H13F3N2O3S. The van der Waals surface area contributed by atoms with E-state index in [0.717, 1.165) is 17.4 Å². The number of esters is 1. The molecule has 5 nitrogen and oxygen atoms in total. The predicted molar refractivity (Wildman–Crippen MR) is 89.2 cm³/mol. The van der Waals surface area contributed by atoms with Crippen LogP contribution in [-0.2, 0) is 22.1 Å². The van der Waals surface area contributed by atoms with E-state index in [2.05, 4.69) is 4.98 Å². The molecule has 0 atom stereocenters. The van der Waals surface area contributed by atoms with Crippen molar-refractivity contribution in [1.29, 1.82) is 0 Å². The lowest BCUT2D eigenvalue weighted by Gasteiger charge is -2.11. The number of hydrogen-bond acceptors (Lipinski definition) is 5. The van der Waals surface area contributed by atoms with Crippen LogP contribution in [0.1, 0.15) is 27.9 Å². The molecule has 0 fully saturated rings. The van der Waals surface area contributed by atoms with Crippen molar-refractivity contribution in [3.05, 3.63) is 46.6 Å². The van der Waals surface area contributed by atoms with Crippen molar-refractivity contribution in [3.63, 3.8) is 0 Å². The van der Waals surface area contributed by atoms with Crippen molar-refractivity contribution < 1.29 is 27.5 Å². The highest BCUT2D eigenvalue weighted by atomic mass is 32.1. The summed E-state index contributed by atoms with van der Waals surface area (Å²) in [7, 11) is 0. The molecule has 0 bridgehead atoms. The van der Waals surface area contributed by atoms with Crippen LogP contribution in [0.25, 0.3) is 16.2 Å². The minimum absolute atomic E-state index is 0.00283. The van der Waals surface area contributed by atoms with Gasteiger partial charge in [-0.2, -0.15) is 13.2 Å². The number of carbonyl (C=O) groups excluding carboxylic acids is 2. The molecule has 2 heterocycles. The summed E-state index contributed by atoms with van der Waals surface area (Å²) in [6.07, 6.45) is -2.58. The number of halogens is 3. The maximum Gasteiger partial charge on any atom is 0.417 e. The molecule has 0 aliphatic rings. The molecule has 26 heavy (non-hydrogen) atoms. The van der Waals surface area contributed by atoms with Crippen LogP contribution in [0.15, 0.2) is 30.5 Å². The van der Waals surface area contributed by atoms with Crippen molar-refractivity contribution in [1.82, 2.24) is 9.38 Å². The second-order valence-corrected chi connectivity index (χ2v) is 6.43. The summed E-state index contributed by atoms with van der Waals surface area (Å²) in [5.74, 6) is -0.424. The van der Waals surface area contributed by atoms with Gasteiger partial charge in [0.15, 0.2) is 11.2 Å². The lowest BCUT2D eigenvalue weighted by Crippen LogP contribution is -2.08. The second-order valence-electron chi connectivity index (χ2n) is 5.34. The Kier molecular flexibility index (Phi) is 4.82. The molecular weight excluding hydrogens is 369 g/mol. The van der Waals surface area contributed by atoms with Crippen LogP contribution in [0.5, 0.6) is 0 Å². The summed E-state index contributed by atoms with van der Waals surface area (Å²) in [5, 5.41) is 0. The summed E-state index contributed by atoms with van der Waals surface area (Å²) < 4.78 is 46.0. The SMILES string of the molecule is CCOC(=O)Cc1cn2c(C=O)c(-c3ccccc3C(F)(F)F)nc2s1.